The maximum absolute atomic E-state index is 11.9. The molecule has 1 saturated heterocycles. The summed E-state index contributed by atoms with van der Waals surface area (Å²) in [6.45, 7) is 4.79. The summed E-state index contributed by atoms with van der Waals surface area (Å²) in [5, 5.41) is 9.85. The molecule has 9 nitrogen and oxygen atoms in total. The molecule has 1 aliphatic rings. The van der Waals surface area contributed by atoms with Crippen LogP contribution in [0, 0.1) is 6.92 Å². The van der Waals surface area contributed by atoms with E-state index in [-0.39, 0.29) is 18.0 Å². The Morgan fingerprint density at radius 2 is 2.00 bits per heavy atom. The molecule has 0 spiro atoms. The van der Waals surface area contributed by atoms with Gasteiger partial charge in [-0.15, -0.1) is 0 Å². The third-order valence-electron chi connectivity index (χ3n) is 4.34. The van der Waals surface area contributed by atoms with Crippen LogP contribution in [0.3, 0.4) is 0 Å². The van der Waals surface area contributed by atoms with E-state index in [4.69, 9.17) is 0 Å². The van der Waals surface area contributed by atoms with Gasteiger partial charge >= 0.3 is 0 Å². The fourth-order valence-corrected chi connectivity index (χ4v) is 3.02. The predicted octanol–water partition coefficient (Wildman–Crippen LogP) is 0.560. The first-order valence-corrected chi connectivity index (χ1v) is 9.25. The zero-order valence-electron chi connectivity index (χ0n) is 15.5. The van der Waals surface area contributed by atoms with Crippen LogP contribution >= 0.6 is 0 Å². The fraction of sp³-hybridized carbons (Fsp3) is 0.500. The fourth-order valence-electron chi connectivity index (χ4n) is 3.02. The number of aromatic nitrogens is 4. The van der Waals surface area contributed by atoms with Crippen molar-refractivity contribution in [1.82, 2.24) is 25.1 Å². The van der Waals surface area contributed by atoms with E-state index in [2.05, 4.69) is 30.6 Å². The number of aryl methyl sites for hydroxylation is 1. The van der Waals surface area contributed by atoms with E-state index >= 15 is 0 Å². The van der Waals surface area contributed by atoms with Crippen LogP contribution in [0.15, 0.2) is 29.2 Å². The highest BCUT2D eigenvalue weighted by molar-refractivity contribution is 5.75. The van der Waals surface area contributed by atoms with Gasteiger partial charge in [0.25, 0.3) is 5.56 Å². The second kappa shape index (κ2) is 9.11. The zero-order chi connectivity index (χ0) is 19.1. The Balaban J connectivity index is 1.47. The lowest BCUT2D eigenvalue weighted by Crippen LogP contribution is -2.35. The number of nitrogens with one attached hydrogen (secondary N) is 2. The SMILES string of the molecule is Cc1nc(NCCNC(=O)Cn2ncccc2=O)cc(N2CCCCC2)n1. The minimum Gasteiger partial charge on any atom is -0.368 e. The molecule has 2 aromatic heterocycles. The third-order valence-corrected chi connectivity index (χ3v) is 4.34. The molecule has 0 saturated carbocycles. The van der Waals surface area contributed by atoms with E-state index < -0.39 is 0 Å². The van der Waals surface area contributed by atoms with Crippen molar-refractivity contribution in [3.8, 4) is 0 Å². The van der Waals surface area contributed by atoms with Crippen LogP contribution in [-0.4, -0.2) is 51.8 Å². The van der Waals surface area contributed by atoms with Crippen LogP contribution in [0.5, 0.6) is 0 Å². The number of nitrogens with zero attached hydrogens (tertiary/aromatic N) is 5. The van der Waals surface area contributed by atoms with Gasteiger partial charge < -0.3 is 15.5 Å². The van der Waals surface area contributed by atoms with Crippen LogP contribution in [0.1, 0.15) is 25.1 Å². The van der Waals surface area contributed by atoms with Gasteiger partial charge in [-0.05, 0) is 32.3 Å². The first-order valence-electron chi connectivity index (χ1n) is 9.25. The lowest BCUT2D eigenvalue weighted by Gasteiger charge is -2.28. The Morgan fingerprint density at radius 3 is 2.78 bits per heavy atom. The number of hydrogen-bond donors (Lipinski definition) is 2. The lowest BCUT2D eigenvalue weighted by atomic mass is 10.1. The van der Waals surface area contributed by atoms with Crippen molar-refractivity contribution < 1.29 is 4.79 Å². The first-order chi connectivity index (χ1) is 13.1. The average molecular weight is 371 g/mol. The van der Waals surface area contributed by atoms with E-state index in [1.54, 1.807) is 6.07 Å². The summed E-state index contributed by atoms with van der Waals surface area (Å²) >= 11 is 0. The number of piperidine rings is 1. The van der Waals surface area contributed by atoms with E-state index in [9.17, 15) is 9.59 Å². The largest absolute Gasteiger partial charge is 0.368 e. The van der Waals surface area contributed by atoms with Crippen molar-refractivity contribution in [2.45, 2.75) is 32.7 Å². The molecule has 0 atom stereocenters. The lowest BCUT2D eigenvalue weighted by molar-refractivity contribution is -0.121. The van der Waals surface area contributed by atoms with Crippen LogP contribution in [0.2, 0.25) is 0 Å². The smallest absolute Gasteiger partial charge is 0.267 e. The molecule has 0 unspecified atom stereocenters. The molecule has 1 amide bonds. The number of anilines is 2. The molecule has 2 N–H and O–H groups in total. The molecule has 1 aliphatic heterocycles. The molecule has 3 heterocycles. The third kappa shape index (κ3) is 5.50. The van der Waals surface area contributed by atoms with Gasteiger partial charge in [-0.2, -0.15) is 5.10 Å². The molecule has 144 valence electrons. The molecule has 27 heavy (non-hydrogen) atoms. The number of rotatable bonds is 7. The summed E-state index contributed by atoms with van der Waals surface area (Å²) in [4.78, 5) is 34.7. The van der Waals surface area contributed by atoms with E-state index in [0.29, 0.717) is 13.1 Å². The van der Waals surface area contributed by atoms with Crippen LogP contribution in [-0.2, 0) is 11.3 Å². The topological polar surface area (TPSA) is 105 Å². The Bertz CT molecular complexity index is 830. The van der Waals surface area contributed by atoms with Gasteiger partial charge in [-0.3, -0.25) is 9.59 Å². The number of hydrogen-bond acceptors (Lipinski definition) is 7. The second-order valence-electron chi connectivity index (χ2n) is 6.50. The minimum absolute atomic E-state index is 0.0919. The monoisotopic (exact) mass is 371 g/mol. The second-order valence-corrected chi connectivity index (χ2v) is 6.50. The van der Waals surface area contributed by atoms with Crippen molar-refractivity contribution in [2.75, 3.05) is 36.4 Å². The van der Waals surface area contributed by atoms with Crippen LogP contribution < -0.4 is 21.1 Å². The quantitative estimate of drug-likeness (QED) is 0.685. The average Bonchev–Trinajstić information content (AvgIpc) is 2.67. The standard InChI is InChI=1S/C18H25N7O2/c1-14-22-15(12-16(23-14)24-10-3-2-4-11-24)19-8-9-20-17(26)13-25-18(27)6-5-7-21-25/h5-7,12H,2-4,8-11,13H2,1H3,(H,20,26)(H,19,22,23). The molecule has 0 aliphatic carbocycles. The first kappa shape index (κ1) is 18.8. The molecular weight excluding hydrogens is 346 g/mol. The van der Waals surface area contributed by atoms with Gasteiger partial charge in [-0.1, -0.05) is 0 Å². The molecule has 9 heteroatoms. The number of carbonyl (C=O) groups excluding carboxylic acids is 1. The van der Waals surface area contributed by atoms with E-state index in [0.717, 1.165) is 35.2 Å². The molecule has 2 aromatic rings. The highest BCUT2D eigenvalue weighted by Crippen LogP contribution is 2.20. The Kier molecular flexibility index (Phi) is 6.35. The summed E-state index contributed by atoms with van der Waals surface area (Å²) in [5.74, 6) is 2.16. The predicted molar refractivity (Wildman–Crippen MR) is 103 cm³/mol. The van der Waals surface area contributed by atoms with E-state index in [1.165, 1.54) is 31.5 Å². The zero-order valence-corrected chi connectivity index (χ0v) is 15.5. The molecular formula is C18H25N7O2. The van der Waals surface area contributed by atoms with Crippen molar-refractivity contribution in [3.63, 3.8) is 0 Å². The van der Waals surface area contributed by atoms with Crippen LogP contribution in [0.25, 0.3) is 0 Å². The van der Waals surface area contributed by atoms with Crippen LogP contribution in [0.4, 0.5) is 11.6 Å². The summed E-state index contributed by atoms with van der Waals surface area (Å²) in [5.41, 5.74) is -0.299. The summed E-state index contributed by atoms with van der Waals surface area (Å²) in [7, 11) is 0. The van der Waals surface area contributed by atoms with Gasteiger partial charge in [0.2, 0.25) is 5.91 Å². The van der Waals surface area contributed by atoms with Gasteiger partial charge in [0.05, 0.1) is 0 Å². The van der Waals surface area contributed by atoms with Gasteiger partial charge in [0.15, 0.2) is 0 Å². The van der Waals surface area contributed by atoms with Gasteiger partial charge in [-0.25, -0.2) is 14.6 Å². The van der Waals surface area contributed by atoms with Crippen molar-refractivity contribution >= 4 is 17.5 Å². The normalized spacial score (nSPS) is 14.0. The molecule has 1 fully saturated rings. The molecule has 3 rings (SSSR count). The summed E-state index contributed by atoms with van der Waals surface area (Å²) in [6.07, 6.45) is 5.14. The number of amides is 1. The number of carbonyl (C=O) groups is 1. The Morgan fingerprint density at radius 1 is 1.19 bits per heavy atom. The van der Waals surface area contributed by atoms with Crippen molar-refractivity contribution in [2.24, 2.45) is 0 Å². The van der Waals surface area contributed by atoms with Gasteiger partial charge in [0, 0.05) is 44.5 Å². The van der Waals surface area contributed by atoms with Gasteiger partial charge in [0.1, 0.15) is 24.0 Å². The van der Waals surface area contributed by atoms with E-state index in [1.807, 2.05) is 13.0 Å². The summed E-state index contributed by atoms with van der Waals surface area (Å²) < 4.78 is 1.13. The highest BCUT2D eigenvalue weighted by Gasteiger charge is 2.13. The maximum atomic E-state index is 11.9. The van der Waals surface area contributed by atoms with Crippen molar-refractivity contribution in [1.29, 1.82) is 0 Å². The molecule has 0 aromatic carbocycles. The Labute approximate surface area is 157 Å². The Hall–Kier alpha value is -2.97. The molecule has 0 bridgehead atoms. The molecule has 0 radical (unpaired) electrons. The van der Waals surface area contributed by atoms with Crippen molar-refractivity contribution in [3.05, 3.63) is 40.6 Å². The minimum atomic E-state index is -0.299. The highest BCUT2D eigenvalue weighted by atomic mass is 16.2. The maximum Gasteiger partial charge on any atom is 0.267 e. The summed E-state index contributed by atoms with van der Waals surface area (Å²) in [6, 6.07) is 4.87.